The van der Waals surface area contributed by atoms with Crippen molar-refractivity contribution in [2.75, 3.05) is 0 Å². The van der Waals surface area contributed by atoms with E-state index >= 15 is 0 Å². The van der Waals surface area contributed by atoms with Gasteiger partial charge in [0.2, 0.25) is 5.91 Å². The predicted molar refractivity (Wildman–Crippen MR) is 69.9 cm³/mol. The van der Waals surface area contributed by atoms with Crippen LogP contribution < -0.4 is 5.32 Å². The van der Waals surface area contributed by atoms with Crippen molar-refractivity contribution in [2.45, 2.75) is 25.3 Å². The van der Waals surface area contributed by atoms with Crippen LogP contribution in [-0.4, -0.2) is 17.0 Å². The summed E-state index contributed by atoms with van der Waals surface area (Å²) in [6, 6.07) is 5.67. The minimum atomic E-state index is -0.880. The molecule has 2 aliphatic rings. The number of carbonyl (C=O) groups excluding carboxylic acids is 1. The lowest BCUT2D eigenvalue weighted by Crippen LogP contribution is -2.29. The summed E-state index contributed by atoms with van der Waals surface area (Å²) in [5, 5.41) is 12.5. The average Bonchev–Trinajstić information content (AvgIpc) is 3.08. The van der Waals surface area contributed by atoms with Gasteiger partial charge in [-0.3, -0.25) is 9.59 Å². The van der Waals surface area contributed by atoms with Crippen molar-refractivity contribution < 1.29 is 14.7 Å². The predicted octanol–water partition coefficient (Wildman–Crippen LogP) is 2.16. The smallest absolute Gasteiger partial charge is 0.307 e. The van der Waals surface area contributed by atoms with Gasteiger partial charge in [0.05, 0.1) is 17.9 Å². The van der Waals surface area contributed by atoms with Gasteiger partial charge in [0.15, 0.2) is 0 Å². The normalized spacial score (nSPS) is 27.7. The van der Waals surface area contributed by atoms with Crippen LogP contribution in [0.4, 0.5) is 0 Å². The molecular formula is C14H14ClNO3. The lowest BCUT2D eigenvalue weighted by molar-refractivity contribution is -0.140. The Balaban J connectivity index is 1.69. The van der Waals surface area contributed by atoms with E-state index in [0.29, 0.717) is 6.42 Å². The Hall–Kier alpha value is -1.55. The van der Waals surface area contributed by atoms with Crippen LogP contribution in [0.15, 0.2) is 18.2 Å². The zero-order valence-corrected chi connectivity index (χ0v) is 11.0. The van der Waals surface area contributed by atoms with Crippen LogP contribution in [0.5, 0.6) is 0 Å². The third kappa shape index (κ3) is 2.21. The first-order chi connectivity index (χ1) is 9.08. The maximum Gasteiger partial charge on any atom is 0.307 e. The lowest BCUT2D eigenvalue weighted by atomic mass is 10.1. The Kier molecular flexibility index (Phi) is 2.97. The number of hydrogen-bond acceptors (Lipinski definition) is 2. The Labute approximate surface area is 115 Å². The first-order valence-corrected chi connectivity index (χ1v) is 6.76. The van der Waals surface area contributed by atoms with Gasteiger partial charge in [0.1, 0.15) is 0 Å². The molecule has 1 aromatic carbocycles. The number of carboxylic acid groups (broad SMARTS) is 1. The number of rotatable bonds is 3. The molecule has 0 aliphatic heterocycles. The van der Waals surface area contributed by atoms with Crippen LogP contribution in [0.2, 0.25) is 5.02 Å². The van der Waals surface area contributed by atoms with Gasteiger partial charge < -0.3 is 10.4 Å². The van der Waals surface area contributed by atoms with Gasteiger partial charge in [-0.15, -0.1) is 0 Å². The number of carboxylic acids is 1. The molecule has 3 rings (SSSR count). The second kappa shape index (κ2) is 4.53. The summed E-state index contributed by atoms with van der Waals surface area (Å²) < 4.78 is 0. The fourth-order valence-corrected chi connectivity index (χ4v) is 3.07. The number of hydrogen-bond donors (Lipinski definition) is 2. The van der Waals surface area contributed by atoms with E-state index < -0.39 is 11.9 Å². The van der Waals surface area contributed by atoms with E-state index in [2.05, 4.69) is 5.32 Å². The molecule has 1 aromatic rings. The Morgan fingerprint density at radius 1 is 1.32 bits per heavy atom. The van der Waals surface area contributed by atoms with Crippen LogP contribution >= 0.6 is 11.6 Å². The summed E-state index contributed by atoms with van der Waals surface area (Å²) in [4.78, 5) is 22.7. The number of benzene rings is 1. The summed E-state index contributed by atoms with van der Waals surface area (Å²) >= 11 is 6.12. The SMILES string of the molecule is O=C(O)[C@@H]1C[C@H]1C(=O)N[C@H]1CCc2c(Cl)cccc21. The Bertz CT molecular complexity index is 558. The third-order valence-corrected chi connectivity index (χ3v) is 4.33. The van der Waals surface area contributed by atoms with Crippen molar-refractivity contribution in [3.8, 4) is 0 Å². The highest BCUT2D eigenvalue weighted by Gasteiger charge is 2.48. The van der Waals surface area contributed by atoms with Crippen LogP contribution in [0.25, 0.3) is 0 Å². The molecule has 3 atom stereocenters. The summed E-state index contributed by atoms with van der Waals surface area (Å²) in [5.41, 5.74) is 2.16. The summed E-state index contributed by atoms with van der Waals surface area (Å²) in [7, 11) is 0. The van der Waals surface area contributed by atoms with E-state index in [1.165, 1.54) is 0 Å². The summed E-state index contributed by atoms with van der Waals surface area (Å²) in [5.74, 6) is -1.89. The van der Waals surface area contributed by atoms with Gasteiger partial charge in [0.25, 0.3) is 0 Å². The molecule has 2 N–H and O–H groups in total. The lowest BCUT2D eigenvalue weighted by Gasteiger charge is -2.14. The van der Waals surface area contributed by atoms with Crippen molar-refractivity contribution in [1.82, 2.24) is 5.32 Å². The van der Waals surface area contributed by atoms with Crippen LogP contribution in [0, 0.1) is 11.8 Å². The molecule has 1 fully saturated rings. The topological polar surface area (TPSA) is 66.4 Å². The number of nitrogens with one attached hydrogen (secondary N) is 1. The monoisotopic (exact) mass is 279 g/mol. The molecule has 19 heavy (non-hydrogen) atoms. The summed E-state index contributed by atoms with van der Waals surface area (Å²) in [6.07, 6.45) is 2.14. The minimum absolute atomic E-state index is 0.0313. The van der Waals surface area contributed by atoms with Crippen molar-refractivity contribution in [3.63, 3.8) is 0 Å². The molecule has 0 saturated heterocycles. The van der Waals surface area contributed by atoms with E-state index in [-0.39, 0.29) is 17.9 Å². The van der Waals surface area contributed by atoms with E-state index in [0.717, 1.165) is 29.0 Å². The summed E-state index contributed by atoms with van der Waals surface area (Å²) in [6.45, 7) is 0. The Morgan fingerprint density at radius 3 is 2.79 bits per heavy atom. The van der Waals surface area contributed by atoms with Crippen molar-refractivity contribution in [2.24, 2.45) is 11.8 Å². The van der Waals surface area contributed by atoms with Gasteiger partial charge in [-0.1, -0.05) is 23.7 Å². The van der Waals surface area contributed by atoms with Crippen molar-refractivity contribution in [3.05, 3.63) is 34.3 Å². The first-order valence-electron chi connectivity index (χ1n) is 6.38. The quantitative estimate of drug-likeness (QED) is 0.891. The second-order valence-electron chi connectivity index (χ2n) is 5.19. The second-order valence-corrected chi connectivity index (χ2v) is 5.60. The van der Waals surface area contributed by atoms with Crippen molar-refractivity contribution >= 4 is 23.5 Å². The standard InChI is InChI=1S/C14H14ClNO3/c15-11-3-1-2-8-7(11)4-5-12(8)16-13(17)9-6-10(9)14(18)19/h1-3,9-10,12H,4-6H2,(H,16,17)(H,18,19)/t9-,10-,12+/m1/s1. The van der Waals surface area contributed by atoms with E-state index in [1.807, 2.05) is 18.2 Å². The third-order valence-electron chi connectivity index (χ3n) is 3.97. The number of halogens is 1. The first kappa shape index (κ1) is 12.5. The Morgan fingerprint density at radius 2 is 2.11 bits per heavy atom. The minimum Gasteiger partial charge on any atom is -0.481 e. The van der Waals surface area contributed by atoms with Gasteiger partial charge in [0, 0.05) is 5.02 Å². The van der Waals surface area contributed by atoms with Gasteiger partial charge in [-0.2, -0.15) is 0 Å². The largest absolute Gasteiger partial charge is 0.481 e. The molecule has 1 amide bonds. The highest BCUT2D eigenvalue weighted by molar-refractivity contribution is 6.31. The van der Waals surface area contributed by atoms with E-state index in [1.54, 1.807) is 0 Å². The highest BCUT2D eigenvalue weighted by Crippen LogP contribution is 2.41. The number of amides is 1. The number of fused-ring (bicyclic) bond motifs is 1. The fourth-order valence-electron chi connectivity index (χ4n) is 2.80. The average molecular weight is 280 g/mol. The molecule has 100 valence electrons. The zero-order chi connectivity index (χ0) is 13.6. The molecule has 0 bridgehead atoms. The number of aliphatic carboxylic acids is 1. The van der Waals surface area contributed by atoms with Gasteiger partial charge in [-0.05, 0) is 36.5 Å². The molecule has 0 heterocycles. The van der Waals surface area contributed by atoms with Gasteiger partial charge in [-0.25, -0.2) is 0 Å². The molecular weight excluding hydrogens is 266 g/mol. The fraction of sp³-hybridized carbons (Fsp3) is 0.429. The molecule has 4 nitrogen and oxygen atoms in total. The molecule has 2 aliphatic carbocycles. The molecule has 0 radical (unpaired) electrons. The van der Waals surface area contributed by atoms with Crippen LogP contribution in [0.3, 0.4) is 0 Å². The molecule has 5 heteroatoms. The van der Waals surface area contributed by atoms with Crippen molar-refractivity contribution in [1.29, 1.82) is 0 Å². The van der Waals surface area contributed by atoms with Crippen LogP contribution in [0.1, 0.15) is 30.0 Å². The molecule has 0 aromatic heterocycles. The number of carbonyl (C=O) groups is 2. The van der Waals surface area contributed by atoms with Crippen LogP contribution in [-0.2, 0) is 16.0 Å². The van der Waals surface area contributed by atoms with E-state index in [9.17, 15) is 9.59 Å². The van der Waals surface area contributed by atoms with Gasteiger partial charge >= 0.3 is 5.97 Å². The molecule has 0 spiro atoms. The zero-order valence-electron chi connectivity index (χ0n) is 10.2. The maximum absolute atomic E-state index is 12.0. The molecule has 1 saturated carbocycles. The maximum atomic E-state index is 12.0. The molecule has 0 unspecified atom stereocenters. The van der Waals surface area contributed by atoms with E-state index in [4.69, 9.17) is 16.7 Å². The highest BCUT2D eigenvalue weighted by atomic mass is 35.5.